The quantitative estimate of drug-likeness (QED) is 0.163. The van der Waals surface area contributed by atoms with Crippen LogP contribution in [0.3, 0.4) is 0 Å². The topological polar surface area (TPSA) is 84.0 Å². The van der Waals surface area contributed by atoms with E-state index in [-0.39, 0.29) is 23.9 Å². The number of amides is 2. The van der Waals surface area contributed by atoms with Crippen molar-refractivity contribution in [2.45, 2.75) is 97.6 Å². The second kappa shape index (κ2) is 15.8. The van der Waals surface area contributed by atoms with Crippen LogP contribution < -0.4 is 10.6 Å². The van der Waals surface area contributed by atoms with Gasteiger partial charge in [0.15, 0.2) is 0 Å². The molecule has 0 unspecified atom stereocenters. The molecule has 0 bridgehead atoms. The number of hydrogen-bond donors (Lipinski definition) is 2. The number of nitrogens with zero attached hydrogens (tertiary/aromatic N) is 2. The smallest absolute Gasteiger partial charge is 0.252 e. The molecule has 280 valence electrons. The molecule has 0 aliphatic heterocycles. The first-order chi connectivity index (χ1) is 26.7. The second-order valence-electron chi connectivity index (χ2n) is 16.4. The summed E-state index contributed by atoms with van der Waals surface area (Å²) in [7, 11) is 0. The summed E-state index contributed by atoms with van der Waals surface area (Å²) in [6.45, 7) is 8.45. The first-order valence-corrected chi connectivity index (χ1v) is 20.2. The van der Waals surface area contributed by atoms with E-state index in [1.165, 1.54) is 28.7 Å². The van der Waals surface area contributed by atoms with Crippen molar-refractivity contribution in [3.05, 3.63) is 130 Å². The fourth-order valence-electron chi connectivity index (χ4n) is 8.91. The predicted molar refractivity (Wildman–Crippen MR) is 224 cm³/mol. The molecule has 2 aliphatic rings. The number of carbonyl (C=O) groups excluding carboxylic acids is 2. The summed E-state index contributed by atoms with van der Waals surface area (Å²) >= 11 is 0. The zero-order valence-electron chi connectivity index (χ0n) is 32.6. The number of carbonyl (C=O) groups is 2. The van der Waals surface area contributed by atoms with E-state index in [0.717, 1.165) is 95.7 Å². The van der Waals surface area contributed by atoms with Gasteiger partial charge in [-0.15, -0.1) is 0 Å². The molecule has 2 fully saturated rings. The van der Waals surface area contributed by atoms with Gasteiger partial charge in [0.2, 0.25) is 0 Å². The van der Waals surface area contributed by atoms with Crippen molar-refractivity contribution in [3.8, 4) is 22.5 Å². The van der Waals surface area contributed by atoms with E-state index in [9.17, 15) is 9.59 Å². The zero-order valence-corrected chi connectivity index (χ0v) is 32.6. The number of nitrogens with one attached hydrogen (secondary N) is 2. The highest BCUT2D eigenvalue weighted by atomic mass is 16.2. The maximum atomic E-state index is 13.8. The molecule has 6 heteroatoms. The Kier molecular flexibility index (Phi) is 10.5. The maximum Gasteiger partial charge on any atom is 0.252 e. The Balaban J connectivity index is 0.848. The Bertz CT molecular complexity index is 2220. The van der Waals surface area contributed by atoms with Gasteiger partial charge in [0.25, 0.3) is 11.8 Å². The average molecular weight is 729 g/mol. The monoisotopic (exact) mass is 728 g/mol. The van der Waals surface area contributed by atoms with Gasteiger partial charge in [-0.1, -0.05) is 60.7 Å². The van der Waals surface area contributed by atoms with Gasteiger partial charge in [0, 0.05) is 34.0 Å². The molecule has 6 nitrogen and oxygen atoms in total. The van der Waals surface area contributed by atoms with Crippen molar-refractivity contribution in [2.24, 2.45) is 11.8 Å². The molecule has 2 saturated carbocycles. The van der Waals surface area contributed by atoms with E-state index in [1.807, 2.05) is 60.7 Å². The van der Waals surface area contributed by atoms with Crippen LogP contribution in [0, 0.1) is 39.5 Å². The van der Waals surface area contributed by atoms with Gasteiger partial charge < -0.3 is 10.6 Å². The summed E-state index contributed by atoms with van der Waals surface area (Å²) in [6, 6.07) is 33.0. The molecule has 0 radical (unpaired) electrons. The standard InChI is InChI=1S/C49H52N4O2/c1-30-13-19-36(25-32(30)3)46-28-42(40-9-5-7-11-44(40)52-46)48(54)50-38-21-15-34(16-22-38)27-35-17-23-39(24-18-35)51-49(55)43-29-47(37-20-14-31(2)33(4)26-37)53-45-12-8-6-10-41(43)45/h5-14,19-20,25-26,28-29,34-35,38-39H,15-18,21-24,27H2,1-4H3,(H,50,54)(H,51,55). The number of pyridine rings is 2. The van der Waals surface area contributed by atoms with E-state index < -0.39 is 0 Å². The van der Waals surface area contributed by atoms with Crippen LogP contribution in [0.2, 0.25) is 0 Å². The molecule has 4 aromatic carbocycles. The maximum absolute atomic E-state index is 13.8. The molecular formula is C49H52N4O2. The number of fused-ring (bicyclic) bond motifs is 2. The van der Waals surface area contributed by atoms with E-state index in [1.54, 1.807) is 0 Å². The van der Waals surface area contributed by atoms with Crippen LogP contribution in [-0.4, -0.2) is 33.9 Å². The molecule has 2 heterocycles. The minimum Gasteiger partial charge on any atom is -0.349 e. The molecule has 2 aromatic heterocycles. The van der Waals surface area contributed by atoms with Gasteiger partial charge in [-0.25, -0.2) is 9.97 Å². The molecule has 8 rings (SSSR count). The SMILES string of the molecule is Cc1ccc(-c2cc(C(=O)NC3CCC(CC4CCC(NC(=O)c5cc(-c6ccc(C)c(C)c6)nc6ccccc56)CC4)CC3)c3ccccc3n2)cc1C. The Morgan fingerprint density at radius 1 is 0.509 bits per heavy atom. The number of aryl methyl sites for hydroxylation is 4. The predicted octanol–water partition coefficient (Wildman–Crippen LogP) is 11.0. The van der Waals surface area contributed by atoms with E-state index in [2.05, 4.69) is 74.7 Å². The number of rotatable bonds is 8. The van der Waals surface area contributed by atoms with E-state index >= 15 is 0 Å². The molecule has 55 heavy (non-hydrogen) atoms. The summed E-state index contributed by atoms with van der Waals surface area (Å²) in [6.07, 6.45) is 9.86. The van der Waals surface area contributed by atoms with Crippen LogP contribution in [0.25, 0.3) is 44.3 Å². The van der Waals surface area contributed by atoms with Gasteiger partial charge in [-0.05, 0) is 156 Å². The lowest BCUT2D eigenvalue weighted by Gasteiger charge is -2.34. The fraction of sp³-hybridized carbons (Fsp3) is 0.347. The van der Waals surface area contributed by atoms with E-state index in [4.69, 9.17) is 9.97 Å². The fourth-order valence-corrected chi connectivity index (χ4v) is 8.91. The number of benzene rings is 4. The van der Waals surface area contributed by atoms with Crippen LogP contribution in [-0.2, 0) is 0 Å². The van der Waals surface area contributed by atoms with Gasteiger partial charge >= 0.3 is 0 Å². The average Bonchev–Trinajstić information content (AvgIpc) is 3.20. The van der Waals surface area contributed by atoms with Crippen LogP contribution in [0.15, 0.2) is 97.1 Å². The summed E-state index contributed by atoms with van der Waals surface area (Å²) < 4.78 is 0. The van der Waals surface area contributed by atoms with Crippen molar-refractivity contribution in [3.63, 3.8) is 0 Å². The van der Waals surface area contributed by atoms with Crippen LogP contribution >= 0.6 is 0 Å². The van der Waals surface area contributed by atoms with Crippen molar-refractivity contribution in [2.75, 3.05) is 0 Å². The highest BCUT2D eigenvalue weighted by Gasteiger charge is 2.29. The first kappa shape index (κ1) is 36.6. The second-order valence-corrected chi connectivity index (χ2v) is 16.4. The third-order valence-corrected chi connectivity index (χ3v) is 12.6. The highest BCUT2D eigenvalue weighted by molar-refractivity contribution is 6.08. The Labute approximate surface area is 325 Å². The van der Waals surface area contributed by atoms with Gasteiger partial charge in [0.05, 0.1) is 33.5 Å². The number of para-hydroxylation sites is 2. The van der Waals surface area contributed by atoms with Crippen LogP contribution in [0.5, 0.6) is 0 Å². The molecule has 2 amide bonds. The summed E-state index contributed by atoms with van der Waals surface area (Å²) in [5.74, 6) is 1.37. The Morgan fingerprint density at radius 2 is 0.909 bits per heavy atom. The number of hydrogen-bond acceptors (Lipinski definition) is 4. The summed E-state index contributed by atoms with van der Waals surface area (Å²) in [5.41, 5.74) is 11.7. The van der Waals surface area contributed by atoms with Gasteiger partial charge in [0.1, 0.15) is 0 Å². The molecule has 2 aliphatic carbocycles. The van der Waals surface area contributed by atoms with Crippen molar-refractivity contribution >= 4 is 33.6 Å². The molecule has 2 N–H and O–H groups in total. The van der Waals surface area contributed by atoms with Crippen LogP contribution in [0.4, 0.5) is 0 Å². The van der Waals surface area contributed by atoms with Gasteiger partial charge in [-0.3, -0.25) is 9.59 Å². The molecule has 0 spiro atoms. The summed E-state index contributed by atoms with van der Waals surface area (Å²) in [5, 5.41) is 8.60. The molecular weight excluding hydrogens is 677 g/mol. The van der Waals surface area contributed by atoms with Crippen molar-refractivity contribution in [1.29, 1.82) is 0 Å². The number of aromatic nitrogens is 2. The molecule has 0 saturated heterocycles. The van der Waals surface area contributed by atoms with E-state index in [0.29, 0.717) is 23.0 Å². The Morgan fingerprint density at radius 3 is 1.31 bits per heavy atom. The van der Waals surface area contributed by atoms with Crippen molar-refractivity contribution in [1.82, 2.24) is 20.6 Å². The van der Waals surface area contributed by atoms with Gasteiger partial charge in [-0.2, -0.15) is 0 Å². The minimum atomic E-state index is -0.00580. The molecule has 6 aromatic rings. The lowest BCUT2D eigenvalue weighted by molar-refractivity contribution is 0.0919. The summed E-state index contributed by atoms with van der Waals surface area (Å²) in [4.78, 5) is 37.5. The lowest BCUT2D eigenvalue weighted by Crippen LogP contribution is -2.39. The minimum absolute atomic E-state index is 0.00580. The van der Waals surface area contributed by atoms with Crippen LogP contribution in [0.1, 0.15) is 101 Å². The van der Waals surface area contributed by atoms with Crippen molar-refractivity contribution < 1.29 is 9.59 Å². The molecule has 0 atom stereocenters. The lowest BCUT2D eigenvalue weighted by atomic mass is 9.75. The highest BCUT2D eigenvalue weighted by Crippen LogP contribution is 2.36. The Hall–Kier alpha value is -5.36. The first-order valence-electron chi connectivity index (χ1n) is 20.2. The largest absolute Gasteiger partial charge is 0.349 e. The third kappa shape index (κ3) is 8.05. The third-order valence-electron chi connectivity index (χ3n) is 12.6. The normalized spacial score (nSPS) is 20.0. The zero-order chi connectivity index (χ0) is 38.1.